The van der Waals surface area contributed by atoms with Crippen molar-refractivity contribution < 1.29 is 14.6 Å². The zero-order chi connectivity index (χ0) is 13.4. The Morgan fingerprint density at radius 2 is 2.37 bits per heavy atom. The molecule has 1 aromatic heterocycles. The van der Waals surface area contributed by atoms with Crippen LogP contribution in [0.25, 0.3) is 0 Å². The number of nitrogens with zero attached hydrogens (tertiary/aromatic N) is 1. The van der Waals surface area contributed by atoms with Gasteiger partial charge in [0.05, 0.1) is 32.5 Å². The zero-order valence-electron chi connectivity index (χ0n) is 10.7. The fourth-order valence-electron chi connectivity index (χ4n) is 2.86. The van der Waals surface area contributed by atoms with Crippen LogP contribution in [0, 0.1) is 0 Å². The van der Waals surface area contributed by atoms with Crippen LogP contribution in [0.5, 0.6) is 5.88 Å². The number of hydrogen-bond donors (Lipinski definition) is 2. The highest BCUT2D eigenvalue weighted by Crippen LogP contribution is 2.38. The van der Waals surface area contributed by atoms with Gasteiger partial charge in [0, 0.05) is 11.6 Å². The summed E-state index contributed by atoms with van der Waals surface area (Å²) in [6, 6.07) is 2.00. The van der Waals surface area contributed by atoms with Gasteiger partial charge in [0.25, 0.3) is 0 Å². The molecule has 1 saturated heterocycles. The van der Waals surface area contributed by atoms with Crippen LogP contribution in [0.1, 0.15) is 23.6 Å². The normalized spacial score (nSPS) is 29.5. The molecule has 0 aromatic carbocycles. The van der Waals surface area contributed by atoms with Gasteiger partial charge in [0.1, 0.15) is 5.15 Å². The summed E-state index contributed by atoms with van der Waals surface area (Å²) in [5.74, 6) is 0.575. The molecule has 19 heavy (non-hydrogen) atoms. The standard InChI is InChI=1S/C13H17ClN2O3/c1-18-13-12-7(4-11(14)16-13)2-3-8(12)15-9-5-19-6-10(9)17/h4,8-10,15,17H,2-3,5-6H2,1H3/t8-,9?,10-/m1/s1. The van der Waals surface area contributed by atoms with Gasteiger partial charge in [-0.2, -0.15) is 0 Å². The van der Waals surface area contributed by atoms with Gasteiger partial charge in [-0.3, -0.25) is 0 Å². The van der Waals surface area contributed by atoms with Gasteiger partial charge in [-0.1, -0.05) is 11.6 Å². The number of aromatic nitrogens is 1. The molecule has 1 unspecified atom stereocenters. The third-order valence-corrected chi connectivity index (χ3v) is 3.98. The van der Waals surface area contributed by atoms with E-state index >= 15 is 0 Å². The lowest BCUT2D eigenvalue weighted by molar-refractivity contribution is 0.121. The molecule has 0 spiro atoms. The number of nitrogens with one attached hydrogen (secondary N) is 1. The highest BCUT2D eigenvalue weighted by molar-refractivity contribution is 6.29. The van der Waals surface area contributed by atoms with E-state index in [0.29, 0.717) is 24.2 Å². The average Bonchev–Trinajstić information content (AvgIpc) is 2.97. The van der Waals surface area contributed by atoms with Crippen LogP contribution in [0.15, 0.2) is 6.07 Å². The van der Waals surface area contributed by atoms with Crippen molar-refractivity contribution in [3.05, 3.63) is 22.3 Å². The summed E-state index contributed by atoms with van der Waals surface area (Å²) in [5, 5.41) is 13.7. The molecule has 0 radical (unpaired) electrons. The van der Waals surface area contributed by atoms with Crippen molar-refractivity contribution in [2.45, 2.75) is 31.0 Å². The zero-order valence-corrected chi connectivity index (χ0v) is 11.5. The monoisotopic (exact) mass is 284 g/mol. The molecule has 1 aliphatic heterocycles. The average molecular weight is 285 g/mol. The molecule has 1 aromatic rings. The van der Waals surface area contributed by atoms with Gasteiger partial charge in [0.15, 0.2) is 0 Å². The van der Waals surface area contributed by atoms with Gasteiger partial charge in [-0.05, 0) is 24.5 Å². The summed E-state index contributed by atoms with van der Waals surface area (Å²) in [6.45, 7) is 0.934. The smallest absolute Gasteiger partial charge is 0.219 e. The number of halogens is 1. The van der Waals surface area contributed by atoms with E-state index in [-0.39, 0.29) is 12.1 Å². The minimum atomic E-state index is -0.449. The number of ether oxygens (including phenoxy) is 2. The molecule has 1 aliphatic carbocycles. The first kappa shape index (κ1) is 13.1. The van der Waals surface area contributed by atoms with Crippen molar-refractivity contribution in [1.29, 1.82) is 0 Å². The van der Waals surface area contributed by atoms with E-state index in [1.807, 2.05) is 6.07 Å². The number of pyridine rings is 1. The molecule has 0 amide bonds. The minimum absolute atomic E-state index is 0.0312. The van der Waals surface area contributed by atoms with Crippen LogP contribution >= 0.6 is 11.6 Å². The van der Waals surface area contributed by atoms with E-state index < -0.39 is 6.10 Å². The number of rotatable bonds is 3. The maximum absolute atomic E-state index is 9.81. The Hall–Kier alpha value is -0.880. The topological polar surface area (TPSA) is 63.6 Å². The third kappa shape index (κ3) is 2.43. The molecule has 2 N–H and O–H groups in total. The lowest BCUT2D eigenvalue weighted by atomic mass is 10.1. The van der Waals surface area contributed by atoms with Gasteiger partial charge in [0.2, 0.25) is 5.88 Å². The van der Waals surface area contributed by atoms with Crippen molar-refractivity contribution in [2.24, 2.45) is 0 Å². The van der Waals surface area contributed by atoms with Crippen LogP contribution in [-0.4, -0.2) is 42.6 Å². The Bertz CT molecular complexity index is 483. The molecular weight excluding hydrogens is 268 g/mol. The van der Waals surface area contributed by atoms with E-state index in [2.05, 4.69) is 10.3 Å². The highest BCUT2D eigenvalue weighted by atomic mass is 35.5. The fourth-order valence-corrected chi connectivity index (χ4v) is 3.06. The van der Waals surface area contributed by atoms with E-state index in [9.17, 15) is 5.11 Å². The van der Waals surface area contributed by atoms with E-state index in [4.69, 9.17) is 21.1 Å². The number of hydrogen-bond acceptors (Lipinski definition) is 5. The second-order valence-electron chi connectivity index (χ2n) is 5.00. The molecule has 0 saturated carbocycles. The van der Waals surface area contributed by atoms with Crippen LogP contribution in [0.4, 0.5) is 0 Å². The molecule has 1 fully saturated rings. The van der Waals surface area contributed by atoms with Crippen molar-refractivity contribution in [3.63, 3.8) is 0 Å². The van der Waals surface area contributed by atoms with E-state index in [0.717, 1.165) is 18.4 Å². The molecule has 0 bridgehead atoms. The van der Waals surface area contributed by atoms with Crippen LogP contribution < -0.4 is 10.1 Å². The summed E-state index contributed by atoms with van der Waals surface area (Å²) in [4.78, 5) is 4.22. The largest absolute Gasteiger partial charge is 0.481 e. The Kier molecular flexibility index (Phi) is 3.62. The lowest BCUT2D eigenvalue weighted by Crippen LogP contribution is -2.40. The summed E-state index contributed by atoms with van der Waals surface area (Å²) in [5.41, 5.74) is 2.23. The number of aliphatic hydroxyl groups excluding tert-OH is 1. The van der Waals surface area contributed by atoms with Crippen LogP contribution in [0.3, 0.4) is 0 Å². The number of fused-ring (bicyclic) bond motifs is 1. The van der Waals surface area contributed by atoms with Crippen molar-refractivity contribution >= 4 is 11.6 Å². The second kappa shape index (κ2) is 5.25. The number of aryl methyl sites for hydroxylation is 1. The summed E-state index contributed by atoms with van der Waals surface area (Å²) >= 11 is 5.98. The maximum Gasteiger partial charge on any atom is 0.219 e. The molecule has 104 valence electrons. The summed E-state index contributed by atoms with van der Waals surface area (Å²) < 4.78 is 10.6. The summed E-state index contributed by atoms with van der Waals surface area (Å²) in [6.07, 6.45) is 1.45. The van der Waals surface area contributed by atoms with Gasteiger partial charge >= 0.3 is 0 Å². The molecule has 3 atom stereocenters. The van der Waals surface area contributed by atoms with E-state index in [1.54, 1.807) is 7.11 Å². The Labute approximate surface area is 116 Å². The molecule has 5 nitrogen and oxygen atoms in total. The first-order chi connectivity index (χ1) is 9.19. The number of aliphatic hydroxyl groups is 1. The van der Waals surface area contributed by atoms with Gasteiger partial charge in [-0.15, -0.1) is 0 Å². The predicted molar refractivity (Wildman–Crippen MR) is 70.6 cm³/mol. The third-order valence-electron chi connectivity index (χ3n) is 3.79. The molecule has 3 rings (SSSR count). The SMILES string of the molecule is COc1nc(Cl)cc2c1[C@H](NC1COC[C@H]1O)CC2. The lowest BCUT2D eigenvalue weighted by Gasteiger charge is -2.22. The summed E-state index contributed by atoms with van der Waals surface area (Å²) in [7, 11) is 1.60. The van der Waals surface area contributed by atoms with Crippen molar-refractivity contribution in [1.82, 2.24) is 10.3 Å². The van der Waals surface area contributed by atoms with Gasteiger partial charge < -0.3 is 19.9 Å². The Morgan fingerprint density at radius 1 is 1.53 bits per heavy atom. The van der Waals surface area contributed by atoms with Crippen LogP contribution in [-0.2, 0) is 11.2 Å². The van der Waals surface area contributed by atoms with E-state index in [1.165, 1.54) is 5.56 Å². The fraction of sp³-hybridized carbons (Fsp3) is 0.615. The van der Waals surface area contributed by atoms with Gasteiger partial charge in [-0.25, -0.2) is 4.98 Å². The first-order valence-electron chi connectivity index (χ1n) is 6.44. The predicted octanol–water partition coefficient (Wildman–Crippen LogP) is 1.08. The molecular formula is C13H17ClN2O3. The number of methoxy groups -OCH3 is 1. The second-order valence-corrected chi connectivity index (χ2v) is 5.38. The molecule has 2 heterocycles. The van der Waals surface area contributed by atoms with Crippen molar-refractivity contribution in [2.75, 3.05) is 20.3 Å². The Balaban J connectivity index is 1.84. The molecule has 6 heteroatoms. The quantitative estimate of drug-likeness (QED) is 0.813. The van der Waals surface area contributed by atoms with Crippen LogP contribution in [0.2, 0.25) is 5.15 Å². The minimum Gasteiger partial charge on any atom is -0.481 e. The van der Waals surface area contributed by atoms with Crippen molar-refractivity contribution in [3.8, 4) is 5.88 Å². The maximum atomic E-state index is 9.81. The first-order valence-corrected chi connectivity index (χ1v) is 6.82. The molecule has 2 aliphatic rings. The Morgan fingerprint density at radius 3 is 3.05 bits per heavy atom. The highest BCUT2D eigenvalue weighted by Gasteiger charge is 2.33.